The van der Waals surface area contributed by atoms with Crippen LogP contribution in [0.3, 0.4) is 0 Å². The first-order valence-corrected chi connectivity index (χ1v) is 9.91. The highest BCUT2D eigenvalue weighted by molar-refractivity contribution is 6.16. The van der Waals surface area contributed by atoms with E-state index in [1.807, 2.05) is 0 Å². The molecule has 0 aliphatic heterocycles. The predicted octanol–water partition coefficient (Wildman–Crippen LogP) is 6.64. The summed E-state index contributed by atoms with van der Waals surface area (Å²) >= 11 is 0. The minimum Gasteiger partial charge on any atom is -0.496 e. The van der Waals surface area contributed by atoms with Crippen molar-refractivity contribution in [3.05, 3.63) is 82.4 Å². The van der Waals surface area contributed by atoms with E-state index in [9.17, 15) is 35.5 Å². The standard InChI is InChI=1S/C24H14F7NO3/c1-34-21-11-16-12(8-17(21)15-5-4-14(10-19(15)25)35-24(29,30)31)7-13(22(16)33)9-20-18(23(26,27)28)3-2-6-32-20/h2-6,8-11H,7H2,1H3/b13-9+. The van der Waals surface area contributed by atoms with Gasteiger partial charge in [-0.05, 0) is 48.0 Å². The molecule has 4 nitrogen and oxygen atoms in total. The number of Topliss-reactive ketones (excluding diaryl/α,β-unsaturated/α-hetero) is 1. The quantitative estimate of drug-likeness (QED) is 0.300. The van der Waals surface area contributed by atoms with Crippen molar-refractivity contribution in [1.82, 2.24) is 4.98 Å². The molecule has 35 heavy (non-hydrogen) atoms. The largest absolute Gasteiger partial charge is 0.573 e. The summed E-state index contributed by atoms with van der Waals surface area (Å²) < 4.78 is 101. The van der Waals surface area contributed by atoms with Gasteiger partial charge in [0.2, 0.25) is 0 Å². The fraction of sp³-hybridized carbons (Fsp3) is 0.167. The van der Waals surface area contributed by atoms with E-state index in [4.69, 9.17) is 4.74 Å². The molecule has 182 valence electrons. The molecule has 0 N–H and O–H groups in total. The van der Waals surface area contributed by atoms with Crippen LogP contribution in [0, 0.1) is 5.82 Å². The number of ketones is 1. The molecule has 0 bridgehead atoms. The van der Waals surface area contributed by atoms with Gasteiger partial charge in [-0.1, -0.05) is 0 Å². The molecule has 2 aromatic carbocycles. The Balaban J connectivity index is 1.74. The van der Waals surface area contributed by atoms with Crippen LogP contribution in [-0.4, -0.2) is 24.2 Å². The average Bonchev–Trinajstić information content (AvgIpc) is 3.06. The van der Waals surface area contributed by atoms with Crippen molar-refractivity contribution in [1.29, 1.82) is 0 Å². The van der Waals surface area contributed by atoms with Crippen molar-refractivity contribution >= 4 is 11.9 Å². The van der Waals surface area contributed by atoms with E-state index >= 15 is 0 Å². The summed E-state index contributed by atoms with van der Waals surface area (Å²) in [7, 11) is 1.25. The highest BCUT2D eigenvalue weighted by Crippen LogP contribution is 2.40. The normalized spacial score (nSPS) is 14.9. The first kappa shape index (κ1) is 24.2. The van der Waals surface area contributed by atoms with Crippen molar-refractivity contribution in [2.24, 2.45) is 0 Å². The molecule has 0 atom stereocenters. The number of methoxy groups -OCH3 is 1. The summed E-state index contributed by atoms with van der Waals surface area (Å²) in [5.74, 6) is -2.28. The monoisotopic (exact) mass is 497 g/mol. The molecule has 1 aliphatic rings. The number of rotatable bonds is 4. The number of fused-ring (bicyclic) bond motifs is 1. The Morgan fingerprint density at radius 2 is 1.71 bits per heavy atom. The first-order chi connectivity index (χ1) is 16.4. The number of carbonyl (C=O) groups is 1. The molecule has 4 rings (SSSR count). The molecule has 11 heteroatoms. The van der Waals surface area contributed by atoms with Crippen LogP contribution < -0.4 is 9.47 Å². The number of nitrogens with zero attached hydrogens (tertiary/aromatic N) is 1. The van der Waals surface area contributed by atoms with E-state index in [1.165, 1.54) is 25.4 Å². The molecule has 1 aromatic heterocycles. The van der Waals surface area contributed by atoms with Gasteiger partial charge in [-0.3, -0.25) is 9.78 Å². The fourth-order valence-electron chi connectivity index (χ4n) is 3.79. The van der Waals surface area contributed by atoms with Crippen LogP contribution in [0.2, 0.25) is 0 Å². The number of hydrogen-bond acceptors (Lipinski definition) is 4. The SMILES string of the molecule is COc1cc2c(cc1-c1ccc(OC(F)(F)F)cc1F)C/C(=C\c1ncccc1C(F)(F)F)C2=O. The zero-order chi connectivity index (χ0) is 25.5. The second-order valence-corrected chi connectivity index (χ2v) is 7.51. The molecule has 0 radical (unpaired) electrons. The van der Waals surface area contributed by atoms with E-state index < -0.39 is 41.1 Å². The van der Waals surface area contributed by atoms with Gasteiger partial charge in [0.05, 0.1) is 18.4 Å². The fourth-order valence-corrected chi connectivity index (χ4v) is 3.79. The maximum atomic E-state index is 14.7. The third kappa shape index (κ3) is 4.98. The van der Waals surface area contributed by atoms with E-state index in [2.05, 4.69) is 9.72 Å². The number of aromatic nitrogens is 1. The van der Waals surface area contributed by atoms with Gasteiger partial charge in [-0.15, -0.1) is 13.2 Å². The molecule has 1 heterocycles. The second kappa shape index (κ2) is 8.71. The van der Waals surface area contributed by atoms with Gasteiger partial charge in [-0.25, -0.2) is 4.39 Å². The number of pyridine rings is 1. The molecule has 0 spiro atoms. The molecule has 0 amide bonds. The Kier molecular flexibility index (Phi) is 6.04. The van der Waals surface area contributed by atoms with Crippen LogP contribution in [0.15, 0.2) is 54.2 Å². The van der Waals surface area contributed by atoms with Gasteiger partial charge in [0.25, 0.3) is 0 Å². The minimum atomic E-state index is -5.00. The Hall–Kier alpha value is -3.89. The van der Waals surface area contributed by atoms with E-state index in [-0.39, 0.29) is 34.4 Å². The highest BCUT2D eigenvalue weighted by atomic mass is 19.4. The van der Waals surface area contributed by atoms with Crippen molar-refractivity contribution in [3.8, 4) is 22.6 Å². The van der Waals surface area contributed by atoms with Gasteiger partial charge in [-0.2, -0.15) is 13.2 Å². The maximum Gasteiger partial charge on any atom is 0.573 e. The van der Waals surface area contributed by atoms with Crippen LogP contribution in [-0.2, 0) is 12.6 Å². The lowest BCUT2D eigenvalue weighted by Crippen LogP contribution is -2.17. The average molecular weight is 497 g/mol. The number of alkyl halides is 6. The van der Waals surface area contributed by atoms with Crippen molar-refractivity contribution in [3.63, 3.8) is 0 Å². The van der Waals surface area contributed by atoms with Gasteiger partial charge in [0.15, 0.2) is 5.78 Å². The molecular formula is C24H14F7NO3. The van der Waals surface area contributed by atoms with E-state index in [1.54, 1.807) is 0 Å². The minimum absolute atomic E-state index is 0.0396. The third-order valence-corrected chi connectivity index (χ3v) is 5.26. The summed E-state index contributed by atoms with van der Waals surface area (Å²) in [5, 5.41) is 0. The summed E-state index contributed by atoms with van der Waals surface area (Å²) in [6.07, 6.45) is -7.51. The van der Waals surface area contributed by atoms with Crippen molar-refractivity contribution in [2.75, 3.05) is 7.11 Å². The lowest BCUT2D eigenvalue weighted by molar-refractivity contribution is -0.274. The van der Waals surface area contributed by atoms with E-state index in [0.29, 0.717) is 11.6 Å². The Bertz CT molecular complexity index is 1340. The van der Waals surface area contributed by atoms with Crippen molar-refractivity contribution in [2.45, 2.75) is 19.0 Å². The lowest BCUT2D eigenvalue weighted by atomic mass is 9.98. The number of benzene rings is 2. The smallest absolute Gasteiger partial charge is 0.496 e. The van der Waals surface area contributed by atoms with Gasteiger partial charge < -0.3 is 9.47 Å². The van der Waals surface area contributed by atoms with Crippen LogP contribution in [0.4, 0.5) is 30.7 Å². The Morgan fingerprint density at radius 1 is 0.971 bits per heavy atom. The lowest BCUT2D eigenvalue weighted by Gasteiger charge is -2.14. The Morgan fingerprint density at radius 3 is 2.34 bits per heavy atom. The van der Waals surface area contributed by atoms with Gasteiger partial charge in [0.1, 0.15) is 17.3 Å². The predicted molar refractivity (Wildman–Crippen MR) is 110 cm³/mol. The molecule has 1 aliphatic carbocycles. The summed E-state index contributed by atoms with van der Waals surface area (Å²) in [4.78, 5) is 16.6. The number of halogens is 7. The topological polar surface area (TPSA) is 48.4 Å². The maximum absolute atomic E-state index is 14.7. The van der Waals surface area contributed by atoms with Gasteiger partial charge >= 0.3 is 12.5 Å². The van der Waals surface area contributed by atoms with Gasteiger partial charge in [0, 0.05) is 40.9 Å². The molecule has 3 aromatic rings. The van der Waals surface area contributed by atoms with E-state index in [0.717, 1.165) is 30.3 Å². The molecule has 0 unspecified atom stereocenters. The first-order valence-electron chi connectivity index (χ1n) is 9.91. The number of allylic oxidation sites excluding steroid dienone is 1. The third-order valence-electron chi connectivity index (χ3n) is 5.26. The molecule has 0 fully saturated rings. The molecule has 0 saturated heterocycles. The second-order valence-electron chi connectivity index (χ2n) is 7.51. The van der Waals surface area contributed by atoms with Crippen LogP contribution in [0.25, 0.3) is 17.2 Å². The highest BCUT2D eigenvalue weighted by Gasteiger charge is 2.35. The number of ether oxygens (including phenoxy) is 2. The van der Waals surface area contributed by atoms with Crippen molar-refractivity contribution < 1.29 is 45.0 Å². The van der Waals surface area contributed by atoms with Crippen LogP contribution >= 0.6 is 0 Å². The molecule has 0 saturated carbocycles. The van der Waals surface area contributed by atoms with Crippen LogP contribution in [0.1, 0.15) is 27.2 Å². The zero-order valence-electron chi connectivity index (χ0n) is 17.7. The number of hydrogen-bond donors (Lipinski definition) is 0. The summed E-state index contributed by atoms with van der Waals surface area (Å²) in [5.41, 5.74) is -0.821. The summed E-state index contributed by atoms with van der Waals surface area (Å²) in [6.45, 7) is 0. The Labute approximate surface area is 193 Å². The van der Waals surface area contributed by atoms with Crippen LogP contribution in [0.5, 0.6) is 11.5 Å². The molecular weight excluding hydrogens is 483 g/mol. The summed E-state index contributed by atoms with van der Waals surface area (Å²) in [6, 6.07) is 7.27. The number of carbonyl (C=O) groups excluding carboxylic acids is 1. The zero-order valence-corrected chi connectivity index (χ0v) is 17.7.